The molecular formula is C30H37N7O2. The first-order chi connectivity index (χ1) is 19.0. The van der Waals surface area contributed by atoms with E-state index in [0.29, 0.717) is 12.2 Å². The highest BCUT2D eigenvalue weighted by Crippen LogP contribution is 2.35. The van der Waals surface area contributed by atoms with Crippen molar-refractivity contribution in [1.29, 1.82) is 0 Å². The summed E-state index contributed by atoms with van der Waals surface area (Å²) >= 11 is 0. The summed E-state index contributed by atoms with van der Waals surface area (Å²) in [6.07, 6.45) is 4.49. The third-order valence-corrected chi connectivity index (χ3v) is 8.27. The predicted octanol–water partition coefficient (Wildman–Crippen LogP) is 4.56. The maximum atomic E-state index is 13.6. The van der Waals surface area contributed by atoms with Crippen molar-refractivity contribution in [2.24, 2.45) is 0 Å². The van der Waals surface area contributed by atoms with Gasteiger partial charge in [-0.25, -0.2) is 4.68 Å². The van der Waals surface area contributed by atoms with E-state index < -0.39 is 0 Å². The Morgan fingerprint density at radius 1 is 1.03 bits per heavy atom. The predicted molar refractivity (Wildman–Crippen MR) is 153 cm³/mol. The van der Waals surface area contributed by atoms with Crippen molar-refractivity contribution < 1.29 is 4.74 Å². The second-order valence-electron chi connectivity index (χ2n) is 10.9. The zero-order valence-electron chi connectivity index (χ0n) is 23.1. The van der Waals surface area contributed by atoms with Crippen LogP contribution in [0, 0.1) is 13.8 Å². The minimum Gasteiger partial charge on any atom is -0.494 e. The lowest BCUT2D eigenvalue weighted by atomic mass is 10.0. The van der Waals surface area contributed by atoms with E-state index >= 15 is 0 Å². The van der Waals surface area contributed by atoms with Crippen LogP contribution in [0.3, 0.4) is 0 Å². The van der Waals surface area contributed by atoms with Gasteiger partial charge in [0.25, 0.3) is 5.56 Å². The van der Waals surface area contributed by atoms with Crippen LogP contribution in [0.1, 0.15) is 67.2 Å². The average molecular weight is 528 g/mol. The molecule has 39 heavy (non-hydrogen) atoms. The van der Waals surface area contributed by atoms with Crippen molar-refractivity contribution >= 4 is 16.6 Å². The molecule has 1 aliphatic carbocycles. The van der Waals surface area contributed by atoms with Crippen LogP contribution in [0.5, 0.6) is 5.75 Å². The third kappa shape index (κ3) is 5.03. The first-order valence-corrected chi connectivity index (χ1v) is 14.2. The molecule has 0 unspecified atom stereocenters. The van der Waals surface area contributed by atoms with Crippen LogP contribution >= 0.6 is 0 Å². The Bertz CT molecular complexity index is 1510. The molecule has 204 valence electrons. The Balaban J connectivity index is 1.39. The monoisotopic (exact) mass is 527 g/mol. The highest BCUT2D eigenvalue weighted by Gasteiger charge is 2.35. The van der Waals surface area contributed by atoms with Crippen LogP contribution in [0.4, 0.5) is 5.69 Å². The molecule has 0 bridgehead atoms. The molecule has 2 aromatic heterocycles. The number of pyridine rings is 1. The maximum Gasteiger partial charge on any atom is 0.253 e. The fourth-order valence-electron chi connectivity index (χ4n) is 6.23. The summed E-state index contributed by atoms with van der Waals surface area (Å²) in [5.74, 6) is 1.55. The van der Waals surface area contributed by atoms with Gasteiger partial charge in [0.1, 0.15) is 11.8 Å². The Labute approximate surface area is 228 Å². The number of nitrogens with one attached hydrogen (secondary N) is 1. The van der Waals surface area contributed by atoms with Gasteiger partial charge in [0, 0.05) is 48.3 Å². The standard InChI is InChI=1S/C30H37N7O2/c1-4-39-24-11-12-26-22(18-24)19-25(30(38)31-26)28(29-32-33-34-37(29)23-7-5-6-8-23)36-15-13-35(14-16-36)27-17-20(2)9-10-21(27)3/h9-12,17-19,23,28H,4-8,13-16H2,1-3H3,(H,31,38)/t28-/m0/s1. The molecule has 2 fully saturated rings. The van der Waals surface area contributed by atoms with E-state index in [1.165, 1.54) is 29.7 Å². The van der Waals surface area contributed by atoms with Gasteiger partial charge in [-0.2, -0.15) is 0 Å². The largest absolute Gasteiger partial charge is 0.494 e. The minimum absolute atomic E-state index is 0.102. The fourth-order valence-corrected chi connectivity index (χ4v) is 6.23. The Kier molecular flexibility index (Phi) is 7.08. The fraction of sp³-hybridized carbons (Fsp3) is 0.467. The molecule has 0 spiro atoms. The third-order valence-electron chi connectivity index (χ3n) is 8.27. The molecule has 6 rings (SSSR count). The first kappa shape index (κ1) is 25.6. The molecule has 0 amide bonds. The van der Waals surface area contributed by atoms with Gasteiger partial charge in [0.05, 0.1) is 12.6 Å². The Morgan fingerprint density at radius 2 is 1.82 bits per heavy atom. The summed E-state index contributed by atoms with van der Waals surface area (Å²) in [5.41, 5.74) is 5.20. The van der Waals surface area contributed by atoms with E-state index in [-0.39, 0.29) is 17.6 Å². The van der Waals surface area contributed by atoms with Gasteiger partial charge in [-0.1, -0.05) is 25.0 Å². The van der Waals surface area contributed by atoms with Gasteiger partial charge >= 0.3 is 0 Å². The highest BCUT2D eigenvalue weighted by atomic mass is 16.5. The van der Waals surface area contributed by atoms with Gasteiger partial charge in [0.2, 0.25) is 0 Å². The lowest BCUT2D eigenvalue weighted by Gasteiger charge is -2.40. The van der Waals surface area contributed by atoms with Crippen LogP contribution in [0.15, 0.2) is 47.3 Å². The molecule has 0 radical (unpaired) electrons. The summed E-state index contributed by atoms with van der Waals surface area (Å²) < 4.78 is 7.74. The average Bonchev–Trinajstić information content (AvgIpc) is 3.64. The van der Waals surface area contributed by atoms with Crippen molar-refractivity contribution in [1.82, 2.24) is 30.1 Å². The van der Waals surface area contributed by atoms with Crippen LogP contribution < -0.4 is 15.2 Å². The van der Waals surface area contributed by atoms with E-state index in [9.17, 15) is 4.79 Å². The molecular weight excluding hydrogens is 490 g/mol. The number of hydrogen-bond acceptors (Lipinski definition) is 7. The Hall–Kier alpha value is -3.72. The molecule has 1 saturated heterocycles. The lowest BCUT2D eigenvalue weighted by molar-refractivity contribution is 0.196. The number of fused-ring (bicyclic) bond motifs is 1. The number of nitrogens with zero attached hydrogens (tertiary/aromatic N) is 6. The normalized spacial score (nSPS) is 17.7. The minimum atomic E-state index is -0.342. The van der Waals surface area contributed by atoms with Gasteiger partial charge in [-0.3, -0.25) is 9.69 Å². The molecule has 3 heterocycles. The summed E-state index contributed by atoms with van der Waals surface area (Å²) in [4.78, 5) is 21.6. The topological polar surface area (TPSA) is 92.2 Å². The van der Waals surface area contributed by atoms with Gasteiger partial charge in [-0.05, 0) is 85.5 Å². The Morgan fingerprint density at radius 3 is 2.59 bits per heavy atom. The number of tetrazole rings is 1. The molecule has 9 nitrogen and oxygen atoms in total. The van der Waals surface area contributed by atoms with E-state index in [1.807, 2.05) is 35.9 Å². The maximum absolute atomic E-state index is 13.6. The van der Waals surface area contributed by atoms with E-state index in [0.717, 1.165) is 61.5 Å². The van der Waals surface area contributed by atoms with Crippen LogP contribution in [0.2, 0.25) is 0 Å². The van der Waals surface area contributed by atoms with E-state index in [4.69, 9.17) is 4.74 Å². The van der Waals surface area contributed by atoms with Crippen molar-refractivity contribution in [3.8, 4) is 5.75 Å². The quantitative estimate of drug-likeness (QED) is 0.377. The molecule has 1 aliphatic heterocycles. The first-order valence-electron chi connectivity index (χ1n) is 14.2. The number of aryl methyl sites for hydroxylation is 2. The van der Waals surface area contributed by atoms with Crippen molar-refractivity contribution in [3.05, 3.63) is 75.3 Å². The molecule has 4 aromatic rings. The van der Waals surface area contributed by atoms with Gasteiger partial charge in [-0.15, -0.1) is 5.10 Å². The number of aromatic nitrogens is 5. The van der Waals surface area contributed by atoms with E-state index in [2.05, 4.69) is 62.4 Å². The second-order valence-corrected chi connectivity index (χ2v) is 10.9. The molecule has 1 saturated carbocycles. The molecule has 9 heteroatoms. The number of ether oxygens (including phenoxy) is 1. The number of aromatic amines is 1. The van der Waals surface area contributed by atoms with Crippen molar-refractivity contribution in [3.63, 3.8) is 0 Å². The van der Waals surface area contributed by atoms with Crippen LogP contribution in [0.25, 0.3) is 10.9 Å². The number of rotatable bonds is 7. The van der Waals surface area contributed by atoms with Crippen LogP contribution in [-0.2, 0) is 0 Å². The molecule has 1 atom stereocenters. The molecule has 1 N–H and O–H groups in total. The second kappa shape index (κ2) is 10.8. The molecule has 2 aliphatic rings. The van der Waals surface area contributed by atoms with Crippen molar-refractivity contribution in [2.75, 3.05) is 37.7 Å². The zero-order chi connectivity index (χ0) is 26.9. The summed E-state index contributed by atoms with van der Waals surface area (Å²) in [6, 6.07) is 14.4. The van der Waals surface area contributed by atoms with Gasteiger partial charge < -0.3 is 14.6 Å². The number of anilines is 1. The summed E-state index contributed by atoms with van der Waals surface area (Å²) in [6.45, 7) is 10.2. The van der Waals surface area contributed by atoms with Crippen molar-refractivity contribution in [2.45, 2.75) is 58.5 Å². The number of benzene rings is 2. The zero-order valence-corrected chi connectivity index (χ0v) is 23.1. The van der Waals surface area contributed by atoms with Crippen LogP contribution in [-0.4, -0.2) is 62.9 Å². The smallest absolute Gasteiger partial charge is 0.253 e. The van der Waals surface area contributed by atoms with Gasteiger partial charge in [0.15, 0.2) is 5.82 Å². The highest BCUT2D eigenvalue weighted by molar-refractivity contribution is 5.80. The number of piperazine rings is 1. The van der Waals surface area contributed by atoms with E-state index in [1.54, 1.807) is 0 Å². The molecule has 2 aromatic carbocycles. The summed E-state index contributed by atoms with van der Waals surface area (Å²) in [5, 5.41) is 14.0. The number of hydrogen-bond donors (Lipinski definition) is 1. The lowest BCUT2D eigenvalue weighted by Crippen LogP contribution is -2.49. The summed E-state index contributed by atoms with van der Waals surface area (Å²) in [7, 11) is 0. The number of H-pyrrole nitrogens is 1. The SMILES string of the molecule is CCOc1ccc2[nH]c(=O)c([C@@H](c3nnnn3C3CCCC3)N3CCN(c4cc(C)ccc4C)CC3)cc2c1.